The molecule has 0 bridgehead atoms. The lowest BCUT2D eigenvalue weighted by atomic mass is 9.97. The lowest BCUT2D eigenvalue weighted by molar-refractivity contribution is -0.113. The van der Waals surface area contributed by atoms with Crippen molar-refractivity contribution in [2.45, 2.75) is 37.8 Å². The van der Waals surface area contributed by atoms with Crippen LogP contribution in [0.2, 0.25) is 0 Å². The molecule has 39 heavy (non-hydrogen) atoms. The minimum absolute atomic E-state index is 0.0554. The molecule has 6 rings (SSSR count). The predicted octanol–water partition coefficient (Wildman–Crippen LogP) is 7.16. The smallest absolute Gasteiger partial charge is 0.267 e. The van der Waals surface area contributed by atoms with Crippen LogP contribution in [0, 0.1) is 6.92 Å². The number of hydrogen-bond acceptors (Lipinski definition) is 6. The molecule has 1 N–H and O–H groups in total. The number of thiophene rings is 1. The lowest BCUT2D eigenvalue weighted by Gasteiger charge is -2.14. The molecule has 0 unspecified atom stereocenters. The summed E-state index contributed by atoms with van der Waals surface area (Å²) in [6, 6.07) is 24.6. The number of anilines is 1. The van der Waals surface area contributed by atoms with Crippen molar-refractivity contribution in [1.82, 2.24) is 9.55 Å². The van der Waals surface area contributed by atoms with E-state index in [2.05, 4.69) is 5.32 Å². The maximum Gasteiger partial charge on any atom is 0.267 e. The van der Waals surface area contributed by atoms with Gasteiger partial charge in [0.15, 0.2) is 5.16 Å². The molecule has 6 nitrogen and oxygen atoms in total. The number of carbonyl (C=O) groups is 1. The fourth-order valence-corrected chi connectivity index (χ4v) is 6.88. The van der Waals surface area contributed by atoms with E-state index in [1.807, 2.05) is 85.8 Å². The third-order valence-electron chi connectivity index (χ3n) is 6.70. The van der Waals surface area contributed by atoms with Crippen LogP contribution in [-0.2, 0) is 17.6 Å². The van der Waals surface area contributed by atoms with E-state index in [9.17, 15) is 9.59 Å². The molecule has 0 saturated heterocycles. The van der Waals surface area contributed by atoms with Gasteiger partial charge in [0.25, 0.3) is 5.56 Å². The third kappa shape index (κ3) is 5.48. The first kappa shape index (κ1) is 25.4. The number of nitrogens with zero attached hydrogens (tertiary/aromatic N) is 2. The van der Waals surface area contributed by atoms with Crippen LogP contribution in [0.25, 0.3) is 15.9 Å². The zero-order chi connectivity index (χ0) is 26.8. The highest BCUT2D eigenvalue weighted by molar-refractivity contribution is 7.99. The standard InChI is InChI=1S/C31H27N3O3S2/c1-20-11-15-22(16-12-20)34-30(36)28-25-9-5-6-10-26(25)39-29(28)33-31(34)38-19-27(35)32-21-13-17-24(18-14-21)37-23-7-3-2-4-8-23/h2-4,7-8,11-18H,5-6,9-10,19H2,1H3,(H,32,35). The van der Waals surface area contributed by atoms with Gasteiger partial charge in [-0.15, -0.1) is 11.3 Å². The Kier molecular flexibility index (Phi) is 7.22. The van der Waals surface area contributed by atoms with Crippen molar-refractivity contribution >= 4 is 44.9 Å². The van der Waals surface area contributed by atoms with Gasteiger partial charge in [0.2, 0.25) is 5.91 Å². The van der Waals surface area contributed by atoms with Crippen molar-refractivity contribution in [3.8, 4) is 17.2 Å². The summed E-state index contributed by atoms with van der Waals surface area (Å²) in [5, 5.41) is 4.20. The Labute approximate surface area is 234 Å². The van der Waals surface area contributed by atoms with E-state index < -0.39 is 0 Å². The van der Waals surface area contributed by atoms with E-state index in [1.165, 1.54) is 16.6 Å². The van der Waals surface area contributed by atoms with E-state index in [0.29, 0.717) is 16.6 Å². The molecule has 0 atom stereocenters. The summed E-state index contributed by atoms with van der Waals surface area (Å²) in [6.07, 6.45) is 4.16. The highest BCUT2D eigenvalue weighted by Gasteiger charge is 2.23. The number of para-hydroxylation sites is 1. The first-order valence-electron chi connectivity index (χ1n) is 12.9. The highest BCUT2D eigenvalue weighted by atomic mass is 32.2. The van der Waals surface area contributed by atoms with Gasteiger partial charge in [-0.1, -0.05) is 47.7 Å². The van der Waals surface area contributed by atoms with E-state index in [-0.39, 0.29) is 17.2 Å². The number of amides is 1. The van der Waals surface area contributed by atoms with Crippen LogP contribution >= 0.6 is 23.1 Å². The van der Waals surface area contributed by atoms with E-state index in [0.717, 1.165) is 58.5 Å². The quantitative estimate of drug-likeness (QED) is 0.171. The Morgan fingerprint density at radius 1 is 0.974 bits per heavy atom. The van der Waals surface area contributed by atoms with Crippen molar-refractivity contribution in [2.75, 3.05) is 11.1 Å². The summed E-state index contributed by atoms with van der Waals surface area (Å²) >= 11 is 2.90. The van der Waals surface area contributed by atoms with Gasteiger partial charge in [0.05, 0.1) is 16.8 Å². The predicted molar refractivity (Wildman–Crippen MR) is 159 cm³/mol. The number of rotatable bonds is 7. The van der Waals surface area contributed by atoms with E-state index in [4.69, 9.17) is 9.72 Å². The monoisotopic (exact) mass is 553 g/mol. The lowest BCUT2D eigenvalue weighted by Crippen LogP contribution is -2.23. The van der Waals surface area contributed by atoms with Crippen LogP contribution < -0.4 is 15.6 Å². The number of fused-ring (bicyclic) bond motifs is 3. The molecule has 2 aromatic heterocycles. The molecule has 1 aliphatic rings. The molecule has 0 radical (unpaired) electrons. The molecule has 0 fully saturated rings. The van der Waals surface area contributed by atoms with Gasteiger partial charge in [0, 0.05) is 10.6 Å². The Balaban J connectivity index is 1.23. The van der Waals surface area contributed by atoms with Crippen molar-refractivity contribution in [1.29, 1.82) is 0 Å². The van der Waals surface area contributed by atoms with E-state index >= 15 is 0 Å². The number of nitrogens with one attached hydrogen (secondary N) is 1. The molecule has 0 saturated carbocycles. The van der Waals surface area contributed by atoms with Gasteiger partial charge >= 0.3 is 0 Å². The molecule has 0 aliphatic heterocycles. The summed E-state index contributed by atoms with van der Waals surface area (Å²) in [6.45, 7) is 2.02. The first-order chi connectivity index (χ1) is 19.0. The second-order valence-corrected chi connectivity index (χ2v) is 11.6. The Morgan fingerprint density at radius 2 is 1.69 bits per heavy atom. The molecule has 1 amide bonds. The molecular formula is C31H27N3O3S2. The van der Waals surface area contributed by atoms with Gasteiger partial charge < -0.3 is 10.1 Å². The average Bonchev–Trinajstić information content (AvgIpc) is 3.33. The second-order valence-electron chi connectivity index (χ2n) is 9.54. The minimum Gasteiger partial charge on any atom is -0.457 e. The van der Waals surface area contributed by atoms with Crippen LogP contribution in [0.4, 0.5) is 5.69 Å². The van der Waals surface area contributed by atoms with Crippen molar-refractivity contribution < 1.29 is 9.53 Å². The van der Waals surface area contributed by atoms with Crippen molar-refractivity contribution in [3.05, 3.63) is 105 Å². The van der Waals surface area contributed by atoms with Gasteiger partial charge in [-0.2, -0.15) is 0 Å². The Bertz CT molecular complexity index is 1690. The van der Waals surface area contributed by atoms with Crippen molar-refractivity contribution in [2.24, 2.45) is 0 Å². The molecule has 3 aromatic carbocycles. The topological polar surface area (TPSA) is 73.2 Å². The molecule has 0 spiro atoms. The zero-order valence-electron chi connectivity index (χ0n) is 21.5. The number of hydrogen-bond donors (Lipinski definition) is 1. The first-order valence-corrected chi connectivity index (χ1v) is 14.8. The van der Waals surface area contributed by atoms with Gasteiger partial charge in [-0.05, 0) is 86.7 Å². The number of aryl methyl sites for hydroxylation is 3. The van der Waals surface area contributed by atoms with Crippen LogP contribution in [0.3, 0.4) is 0 Å². The molecule has 8 heteroatoms. The largest absolute Gasteiger partial charge is 0.457 e. The fourth-order valence-electron chi connectivity index (χ4n) is 4.76. The van der Waals surface area contributed by atoms with Crippen molar-refractivity contribution in [3.63, 3.8) is 0 Å². The van der Waals surface area contributed by atoms with Gasteiger partial charge in [-0.25, -0.2) is 4.98 Å². The van der Waals surface area contributed by atoms with Crippen LogP contribution in [0.1, 0.15) is 28.8 Å². The Hall–Kier alpha value is -3.88. The third-order valence-corrected chi connectivity index (χ3v) is 8.82. The van der Waals surface area contributed by atoms with Crippen LogP contribution in [0.15, 0.2) is 88.8 Å². The van der Waals surface area contributed by atoms with Crippen LogP contribution in [-0.4, -0.2) is 21.2 Å². The number of aromatic nitrogens is 2. The molecular weight excluding hydrogens is 526 g/mol. The molecule has 196 valence electrons. The average molecular weight is 554 g/mol. The number of thioether (sulfide) groups is 1. The summed E-state index contributed by atoms with van der Waals surface area (Å²) in [5.74, 6) is 1.39. The Morgan fingerprint density at radius 3 is 2.46 bits per heavy atom. The maximum absolute atomic E-state index is 13.9. The summed E-state index contributed by atoms with van der Waals surface area (Å²) in [4.78, 5) is 33.7. The minimum atomic E-state index is -0.174. The van der Waals surface area contributed by atoms with Gasteiger partial charge in [0.1, 0.15) is 16.3 Å². The molecule has 5 aromatic rings. The highest BCUT2D eigenvalue weighted by Crippen LogP contribution is 2.35. The number of ether oxygens (including phenoxy) is 1. The molecule has 1 aliphatic carbocycles. The molecule has 2 heterocycles. The number of carbonyl (C=O) groups excluding carboxylic acids is 1. The normalized spacial score (nSPS) is 12.7. The maximum atomic E-state index is 13.9. The fraction of sp³-hybridized carbons (Fsp3) is 0.194. The summed E-state index contributed by atoms with van der Waals surface area (Å²) < 4.78 is 7.49. The summed E-state index contributed by atoms with van der Waals surface area (Å²) in [5.41, 5.74) is 3.65. The SMILES string of the molecule is Cc1ccc(-n2c(SCC(=O)Nc3ccc(Oc4ccccc4)cc3)nc3sc4c(c3c2=O)CCCC4)cc1. The van der Waals surface area contributed by atoms with E-state index in [1.54, 1.807) is 15.9 Å². The number of benzene rings is 3. The van der Waals surface area contributed by atoms with Gasteiger partial charge in [-0.3, -0.25) is 14.2 Å². The zero-order valence-corrected chi connectivity index (χ0v) is 23.1. The second kappa shape index (κ2) is 11.1. The van der Waals surface area contributed by atoms with Crippen LogP contribution in [0.5, 0.6) is 11.5 Å². The summed E-state index contributed by atoms with van der Waals surface area (Å²) in [7, 11) is 0.